The molecule has 0 unspecified atom stereocenters. The quantitative estimate of drug-likeness (QED) is 0.797. The topological polar surface area (TPSA) is 57.7 Å². The molecular formula is C21H34N4O2. The van der Waals surface area contributed by atoms with Gasteiger partial charge in [-0.25, -0.2) is 4.79 Å². The van der Waals surface area contributed by atoms with Crippen LogP contribution in [0.3, 0.4) is 0 Å². The zero-order valence-corrected chi connectivity index (χ0v) is 16.6. The fourth-order valence-electron chi connectivity index (χ4n) is 4.06. The van der Waals surface area contributed by atoms with Gasteiger partial charge in [0.05, 0.1) is 12.7 Å². The molecule has 0 saturated carbocycles. The maximum atomic E-state index is 12.5. The van der Waals surface area contributed by atoms with Gasteiger partial charge in [-0.2, -0.15) is 0 Å². The van der Waals surface area contributed by atoms with E-state index in [2.05, 4.69) is 22.1 Å². The third-order valence-electron chi connectivity index (χ3n) is 5.80. The van der Waals surface area contributed by atoms with Crippen molar-refractivity contribution in [2.45, 2.75) is 64.2 Å². The van der Waals surface area contributed by atoms with Gasteiger partial charge in [0.2, 0.25) is 0 Å². The number of amides is 2. The Kier molecular flexibility index (Phi) is 7.90. The SMILES string of the molecule is CC[C@H](CNC(=O)N1CCC(OCc2cccnc2)CC1)N1CCCCC1. The average Bonchev–Trinajstić information content (AvgIpc) is 2.74. The van der Waals surface area contributed by atoms with Crippen molar-refractivity contribution in [3.63, 3.8) is 0 Å². The number of hydrogen-bond donors (Lipinski definition) is 1. The maximum absolute atomic E-state index is 12.5. The Morgan fingerprint density at radius 1 is 1.26 bits per heavy atom. The van der Waals surface area contributed by atoms with Gasteiger partial charge in [0.25, 0.3) is 0 Å². The standard InChI is InChI=1S/C21H34N4O2/c1-2-19(24-11-4-3-5-12-24)16-23-21(26)25-13-8-20(9-14-25)27-17-18-7-6-10-22-15-18/h6-7,10,15,19-20H,2-5,8-9,11-14,16-17H2,1H3,(H,23,26)/t19-/m1/s1. The molecule has 1 N–H and O–H groups in total. The number of carbonyl (C=O) groups excluding carboxylic acids is 1. The van der Waals surface area contributed by atoms with Crippen LogP contribution in [0.1, 0.15) is 51.0 Å². The molecule has 1 aromatic heterocycles. The smallest absolute Gasteiger partial charge is 0.317 e. The van der Waals surface area contributed by atoms with E-state index in [1.165, 1.54) is 32.4 Å². The molecule has 150 valence electrons. The number of nitrogens with one attached hydrogen (secondary N) is 1. The molecule has 2 saturated heterocycles. The molecule has 6 heteroatoms. The monoisotopic (exact) mass is 374 g/mol. The molecule has 0 radical (unpaired) electrons. The van der Waals surface area contributed by atoms with Crippen LogP contribution < -0.4 is 5.32 Å². The average molecular weight is 375 g/mol. The molecule has 0 aromatic carbocycles. The number of hydrogen-bond acceptors (Lipinski definition) is 4. The van der Waals surface area contributed by atoms with Gasteiger partial charge in [0.1, 0.15) is 0 Å². The summed E-state index contributed by atoms with van der Waals surface area (Å²) in [6, 6.07) is 4.51. The van der Waals surface area contributed by atoms with Crippen molar-refractivity contribution in [2.75, 3.05) is 32.7 Å². The van der Waals surface area contributed by atoms with E-state index in [0.717, 1.165) is 44.5 Å². The summed E-state index contributed by atoms with van der Waals surface area (Å²) >= 11 is 0. The summed E-state index contributed by atoms with van der Waals surface area (Å²) < 4.78 is 5.99. The van der Waals surface area contributed by atoms with Crippen LogP contribution in [0.5, 0.6) is 0 Å². The lowest BCUT2D eigenvalue weighted by Gasteiger charge is -2.35. The number of aromatic nitrogens is 1. The van der Waals surface area contributed by atoms with E-state index in [9.17, 15) is 4.79 Å². The highest BCUT2D eigenvalue weighted by molar-refractivity contribution is 5.74. The number of pyridine rings is 1. The minimum atomic E-state index is 0.0798. The van der Waals surface area contributed by atoms with Crippen LogP contribution in [-0.2, 0) is 11.3 Å². The predicted molar refractivity (Wildman–Crippen MR) is 107 cm³/mol. The zero-order valence-electron chi connectivity index (χ0n) is 16.6. The first-order chi connectivity index (χ1) is 13.3. The number of ether oxygens (including phenoxy) is 1. The number of piperidine rings is 2. The highest BCUT2D eigenvalue weighted by Gasteiger charge is 2.25. The van der Waals surface area contributed by atoms with Crippen molar-refractivity contribution in [3.8, 4) is 0 Å². The van der Waals surface area contributed by atoms with Gasteiger partial charge in [-0.15, -0.1) is 0 Å². The summed E-state index contributed by atoms with van der Waals surface area (Å²) in [5.41, 5.74) is 1.10. The molecule has 6 nitrogen and oxygen atoms in total. The lowest BCUT2D eigenvalue weighted by molar-refractivity contribution is 0.00422. The second kappa shape index (κ2) is 10.6. The summed E-state index contributed by atoms with van der Waals surface area (Å²) in [6.45, 7) is 7.46. The van der Waals surface area contributed by atoms with Crippen LogP contribution in [0.25, 0.3) is 0 Å². The Morgan fingerprint density at radius 3 is 2.70 bits per heavy atom. The van der Waals surface area contributed by atoms with Crippen LogP contribution in [0, 0.1) is 0 Å². The summed E-state index contributed by atoms with van der Waals surface area (Å²) in [5, 5.41) is 3.17. The maximum Gasteiger partial charge on any atom is 0.317 e. The minimum absolute atomic E-state index is 0.0798. The normalized spacial score (nSPS) is 20.4. The first-order valence-corrected chi connectivity index (χ1v) is 10.5. The molecule has 2 aliphatic heterocycles. The van der Waals surface area contributed by atoms with Crippen LogP contribution >= 0.6 is 0 Å². The van der Waals surface area contributed by atoms with Gasteiger partial charge in [0, 0.05) is 38.1 Å². The van der Waals surface area contributed by atoms with E-state index in [-0.39, 0.29) is 12.1 Å². The van der Waals surface area contributed by atoms with E-state index in [1.54, 1.807) is 6.20 Å². The molecule has 0 spiro atoms. The summed E-state index contributed by atoms with van der Waals surface area (Å²) in [4.78, 5) is 21.1. The molecule has 2 aliphatic rings. The van der Waals surface area contributed by atoms with Crippen LogP contribution in [-0.4, -0.2) is 65.7 Å². The van der Waals surface area contributed by atoms with Crippen molar-refractivity contribution in [2.24, 2.45) is 0 Å². The van der Waals surface area contributed by atoms with E-state index in [1.807, 2.05) is 23.2 Å². The van der Waals surface area contributed by atoms with E-state index < -0.39 is 0 Å². The molecule has 0 aliphatic carbocycles. The Balaban J connectivity index is 1.35. The van der Waals surface area contributed by atoms with Gasteiger partial charge in [-0.05, 0) is 56.8 Å². The lowest BCUT2D eigenvalue weighted by Crippen LogP contribution is -2.50. The predicted octanol–water partition coefficient (Wildman–Crippen LogP) is 3.04. The summed E-state index contributed by atoms with van der Waals surface area (Å²) in [5.74, 6) is 0. The molecule has 3 heterocycles. The molecule has 27 heavy (non-hydrogen) atoms. The molecule has 3 rings (SSSR count). The second-order valence-electron chi connectivity index (χ2n) is 7.70. The second-order valence-corrected chi connectivity index (χ2v) is 7.70. The van der Waals surface area contributed by atoms with Gasteiger partial charge < -0.3 is 15.0 Å². The van der Waals surface area contributed by atoms with E-state index in [4.69, 9.17) is 4.74 Å². The van der Waals surface area contributed by atoms with Crippen molar-refractivity contribution in [1.82, 2.24) is 20.1 Å². The number of likely N-dealkylation sites (tertiary alicyclic amines) is 2. The number of urea groups is 1. The molecule has 2 fully saturated rings. The van der Waals surface area contributed by atoms with Gasteiger partial charge in [-0.3, -0.25) is 9.88 Å². The first kappa shape index (κ1) is 20.1. The molecule has 0 bridgehead atoms. The van der Waals surface area contributed by atoms with Crippen LogP contribution in [0.2, 0.25) is 0 Å². The van der Waals surface area contributed by atoms with Gasteiger partial charge >= 0.3 is 6.03 Å². The molecular weight excluding hydrogens is 340 g/mol. The number of rotatable bonds is 7. The van der Waals surface area contributed by atoms with Gasteiger partial charge in [-0.1, -0.05) is 19.4 Å². The highest BCUT2D eigenvalue weighted by Crippen LogP contribution is 2.16. The van der Waals surface area contributed by atoms with Crippen molar-refractivity contribution in [3.05, 3.63) is 30.1 Å². The molecule has 1 atom stereocenters. The Hall–Kier alpha value is -1.66. The number of nitrogens with zero attached hydrogens (tertiary/aromatic N) is 3. The number of carbonyl (C=O) groups is 1. The first-order valence-electron chi connectivity index (χ1n) is 10.5. The van der Waals surface area contributed by atoms with Crippen molar-refractivity contribution >= 4 is 6.03 Å². The van der Waals surface area contributed by atoms with Crippen molar-refractivity contribution in [1.29, 1.82) is 0 Å². The third kappa shape index (κ3) is 6.18. The third-order valence-corrected chi connectivity index (χ3v) is 5.80. The van der Waals surface area contributed by atoms with Crippen LogP contribution in [0.4, 0.5) is 4.79 Å². The Morgan fingerprint density at radius 2 is 2.04 bits per heavy atom. The Bertz CT molecular complexity index is 555. The van der Waals surface area contributed by atoms with Crippen LogP contribution in [0.15, 0.2) is 24.5 Å². The fraction of sp³-hybridized carbons (Fsp3) is 0.714. The summed E-state index contributed by atoms with van der Waals surface area (Å²) in [7, 11) is 0. The fourth-order valence-corrected chi connectivity index (χ4v) is 4.06. The van der Waals surface area contributed by atoms with Crippen molar-refractivity contribution < 1.29 is 9.53 Å². The minimum Gasteiger partial charge on any atom is -0.373 e. The largest absolute Gasteiger partial charge is 0.373 e. The highest BCUT2D eigenvalue weighted by atomic mass is 16.5. The Labute approximate surface area is 163 Å². The lowest BCUT2D eigenvalue weighted by atomic mass is 10.1. The molecule has 2 amide bonds. The molecule has 1 aromatic rings. The van der Waals surface area contributed by atoms with Gasteiger partial charge in [0.15, 0.2) is 0 Å². The van der Waals surface area contributed by atoms with E-state index in [0.29, 0.717) is 12.6 Å². The zero-order chi connectivity index (χ0) is 18.9. The van der Waals surface area contributed by atoms with E-state index >= 15 is 0 Å². The summed E-state index contributed by atoms with van der Waals surface area (Å²) in [6.07, 6.45) is 10.7.